The molecule has 1 fully saturated rings. The van der Waals surface area contributed by atoms with Crippen molar-refractivity contribution in [3.63, 3.8) is 0 Å². The summed E-state index contributed by atoms with van der Waals surface area (Å²) in [5, 5.41) is 0. The lowest BCUT2D eigenvalue weighted by Gasteiger charge is -2.36. The minimum absolute atomic E-state index is 0.265. The molecule has 0 atom stereocenters. The SMILES string of the molecule is COc1ccccc1N1CCN(Cc2nc(N)nc(N(C)C)n2)CC1. The van der Waals surface area contributed by atoms with Crippen molar-refractivity contribution in [2.75, 3.05) is 62.9 Å². The Kier molecular flexibility index (Phi) is 5.18. The molecule has 2 N–H and O–H groups in total. The zero-order valence-corrected chi connectivity index (χ0v) is 15.0. The molecule has 8 nitrogen and oxygen atoms in total. The summed E-state index contributed by atoms with van der Waals surface area (Å²) in [6.45, 7) is 4.40. The van der Waals surface area contributed by atoms with Crippen molar-refractivity contribution >= 4 is 17.6 Å². The third-order valence-electron chi connectivity index (χ3n) is 4.25. The van der Waals surface area contributed by atoms with Crippen molar-refractivity contribution < 1.29 is 4.74 Å². The second-order valence-electron chi connectivity index (χ2n) is 6.24. The zero-order chi connectivity index (χ0) is 17.8. The molecule has 0 saturated carbocycles. The van der Waals surface area contributed by atoms with Crippen LogP contribution in [0.4, 0.5) is 17.6 Å². The number of hydrogen-bond acceptors (Lipinski definition) is 8. The lowest BCUT2D eigenvalue weighted by Crippen LogP contribution is -2.46. The molecule has 2 aromatic rings. The maximum atomic E-state index is 5.80. The maximum Gasteiger partial charge on any atom is 0.229 e. The van der Waals surface area contributed by atoms with Gasteiger partial charge in [0.05, 0.1) is 19.3 Å². The van der Waals surface area contributed by atoms with Gasteiger partial charge in [-0.25, -0.2) is 0 Å². The number of hydrogen-bond donors (Lipinski definition) is 1. The fourth-order valence-electron chi connectivity index (χ4n) is 2.93. The first kappa shape index (κ1) is 17.2. The molecule has 1 saturated heterocycles. The van der Waals surface area contributed by atoms with Crippen LogP contribution < -0.4 is 20.3 Å². The monoisotopic (exact) mass is 343 g/mol. The average molecular weight is 343 g/mol. The number of nitrogens with zero attached hydrogens (tertiary/aromatic N) is 6. The Morgan fingerprint density at radius 2 is 1.80 bits per heavy atom. The van der Waals surface area contributed by atoms with Gasteiger partial charge in [-0.2, -0.15) is 15.0 Å². The highest BCUT2D eigenvalue weighted by Crippen LogP contribution is 2.28. The van der Waals surface area contributed by atoms with Crippen LogP contribution in [-0.2, 0) is 6.54 Å². The molecule has 3 rings (SSSR count). The highest BCUT2D eigenvalue weighted by Gasteiger charge is 2.20. The number of aromatic nitrogens is 3. The van der Waals surface area contributed by atoms with Crippen LogP contribution in [0.3, 0.4) is 0 Å². The van der Waals surface area contributed by atoms with Gasteiger partial charge in [0.15, 0.2) is 0 Å². The van der Waals surface area contributed by atoms with Gasteiger partial charge in [-0.15, -0.1) is 0 Å². The Balaban J connectivity index is 1.63. The van der Waals surface area contributed by atoms with Crippen molar-refractivity contribution in [1.82, 2.24) is 19.9 Å². The predicted octanol–water partition coefficient (Wildman–Crippen LogP) is 0.851. The topological polar surface area (TPSA) is 83.6 Å². The van der Waals surface area contributed by atoms with Gasteiger partial charge in [-0.05, 0) is 12.1 Å². The van der Waals surface area contributed by atoms with E-state index in [0.29, 0.717) is 18.3 Å². The summed E-state index contributed by atoms with van der Waals surface area (Å²) in [7, 11) is 5.50. The summed E-state index contributed by atoms with van der Waals surface area (Å²) >= 11 is 0. The highest BCUT2D eigenvalue weighted by molar-refractivity contribution is 5.58. The van der Waals surface area contributed by atoms with Crippen molar-refractivity contribution in [2.24, 2.45) is 0 Å². The van der Waals surface area contributed by atoms with E-state index in [1.54, 1.807) is 7.11 Å². The number of methoxy groups -OCH3 is 1. The number of nitrogens with two attached hydrogens (primary N) is 1. The Morgan fingerprint density at radius 1 is 1.08 bits per heavy atom. The van der Waals surface area contributed by atoms with Gasteiger partial charge in [0.25, 0.3) is 0 Å². The Labute approximate surface area is 148 Å². The fourth-order valence-corrected chi connectivity index (χ4v) is 2.93. The second-order valence-corrected chi connectivity index (χ2v) is 6.24. The van der Waals surface area contributed by atoms with Crippen LogP contribution in [-0.4, -0.2) is 67.2 Å². The molecule has 0 spiro atoms. The van der Waals surface area contributed by atoms with Gasteiger partial charge in [0, 0.05) is 40.3 Å². The quantitative estimate of drug-likeness (QED) is 0.855. The third kappa shape index (κ3) is 4.08. The number of benzene rings is 1. The molecule has 0 amide bonds. The molecular weight excluding hydrogens is 318 g/mol. The predicted molar refractivity (Wildman–Crippen MR) is 99.1 cm³/mol. The molecule has 0 aliphatic carbocycles. The molecule has 2 heterocycles. The summed E-state index contributed by atoms with van der Waals surface area (Å²) < 4.78 is 5.47. The molecule has 0 bridgehead atoms. The van der Waals surface area contributed by atoms with E-state index < -0.39 is 0 Å². The van der Waals surface area contributed by atoms with Gasteiger partial charge >= 0.3 is 0 Å². The Hall–Kier alpha value is -2.61. The molecular formula is C17H25N7O. The first-order valence-corrected chi connectivity index (χ1v) is 8.35. The minimum Gasteiger partial charge on any atom is -0.495 e. The average Bonchev–Trinajstić information content (AvgIpc) is 2.62. The molecule has 0 radical (unpaired) electrons. The summed E-state index contributed by atoms with van der Waals surface area (Å²) in [6.07, 6.45) is 0. The van der Waals surface area contributed by atoms with Crippen LogP contribution in [0.5, 0.6) is 5.75 Å². The number of anilines is 3. The first-order chi connectivity index (χ1) is 12.1. The number of nitrogen functional groups attached to an aromatic ring is 1. The fraction of sp³-hybridized carbons (Fsp3) is 0.471. The highest BCUT2D eigenvalue weighted by atomic mass is 16.5. The largest absolute Gasteiger partial charge is 0.495 e. The maximum absolute atomic E-state index is 5.80. The van der Waals surface area contributed by atoms with Gasteiger partial charge in [0.2, 0.25) is 11.9 Å². The van der Waals surface area contributed by atoms with Crippen molar-refractivity contribution in [1.29, 1.82) is 0 Å². The van der Waals surface area contributed by atoms with Gasteiger partial charge < -0.3 is 20.3 Å². The standard InChI is InChI=1S/C17H25N7O/c1-22(2)17-20-15(19-16(18)21-17)12-23-8-10-24(11-9-23)13-6-4-5-7-14(13)25-3/h4-7H,8-12H2,1-3H3,(H2,18,19,20,21). The van der Waals surface area contributed by atoms with E-state index in [2.05, 4.69) is 30.8 Å². The summed E-state index contributed by atoms with van der Waals surface area (Å²) in [6, 6.07) is 8.13. The summed E-state index contributed by atoms with van der Waals surface area (Å²) in [5.74, 6) is 2.48. The van der Waals surface area contributed by atoms with E-state index >= 15 is 0 Å². The summed E-state index contributed by atoms with van der Waals surface area (Å²) in [5.41, 5.74) is 6.95. The smallest absolute Gasteiger partial charge is 0.229 e. The first-order valence-electron chi connectivity index (χ1n) is 8.35. The van der Waals surface area contributed by atoms with E-state index in [1.165, 1.54) is 0 Å². The lowest BCUT2D eigenvalue weighted by atomic mass is 10.2. The minimum atomic E-state index is 0.265. The van der Waals surface area contributed by atoms with Crippen molar-refractivity contribution in [3.8, 4) is 5.75 Å². The van der Waals surface area contributed by atoms with Crippen LogP contribution in [0, 0.1) is 0 Å². The normalized spacial score (nSPS) is 15.2. The van der Waals surface area contributed by atoms with Crippen LogP contribution >= 0.6 is 0 Å². The zero-order valence-electron chi connectivity index (χ0n) is 15.0. The van der Waals surface area contributed by atoms with Crippen LogP contribution in [0.25, 0.3) is 0 Å². The molecule has 1 aliphatic rings. The molecule has 1 aliphatic heterocycles. The van der Waals surface area contributed by atoms with Crippen LogP contribution in [0.2, 0.25) is 0 Å². The molecule has 0 unspecified atom stereocenters. The number of piperazine rings is 1. The van der Waals surface area contributed by atoms with E-state index in [-0.39, 0.29) is 5.95 Å². The second kappa shape index (κ2) is 7.52. The Bertz CT molecular complexity index is 714. The lowest BCUT2D eigenvalue weighted by molar-refractivity contribution is 0.243. The van der Waals surface area contributed by atoms with Gasteiger partial charge in [0.1, 0.15) is 11.6 Å². The van der Waals surface area contributed by atoms with E-state index in [0.717, 1.165) is 37.6 Å². The molecule has 25 heavy (non-hydrogen) atoms. The van der Waals surface area contributed by atoms with Crippen molar-refractivity contribution in [2.45, 2.75) is 6.54 Å². The van der Waals surface area contributed by atoms with Crippen molar-refractivity contribution in [3.05, 3.63) is 30.1 Å². The Morgan fingerprint density at radius 3 is 2.48 bits per heavy atom. The third-order valence-corrected chi connectivity index (χ3v) is 4.25. The van der Waals surface area contributed by atoms with Crippen LogP contribution in [0.1, 0.15) is 5.82 Å². The summed E-state index contributed by atoms with van der Waals surface area (Å²) in [4.78, 5) is 19.4. The van der Waals surface area contributed by atoms with Gasteiger partial charge in [-0.1, -0.05) is 12.1 Å². The number of para-hydroxylation sites is 2. The molecule has 134 valence electrons. The molecule has 1 aromatic heterocycles. The number of rotatable bonds is 5. The molecule has 1 aromatic carbocycles. The van der Waals surface area contributed by atoms with Gasteiger partial charge in [-0.3, -0.25) is 4.90 Å². The molecule has 8 heteroatoms. The van der Waals surface area contributed by atoms with E-state index in [4.69, 9.17) is 10.5 Å². The van der Waals surface area contributed by atoms with E-state index in [9.17, 15) is 0 Å². The number of ether oxygens (including phenoxy) is 1. The van der Waals surface area contributed by atoms with Crippen LogP contribution in [0.15, 0.2) is 24.3 Å². The van der Waals surface area contributed by atoms with E-state index in [1.807, 2.05) is 37.2 Å².